The highest BCUT2D eigenvalue weighted by atomic mass is 19.4. The number of benzene rings is 2. The molecule has 1 saturated heterocycles. The van der Waals surface area contributed by atoms with Crippen molar-refractivity contribution in [2.24, 2.45) is 0 Å². The second-order valence-electron chi connectivity index (χ2n) is 8.60. The van der Waals surface area contributed by atoms with E-state index in [2.05, 4.69) is 25.4 Å². The Morgan fingerprint density at radius 3 is 2.56 bits per heavy atom. The van der Waals surface area contributed by atoms with Gasteiger partial charge in [-0.2, -0.15) is 22.7 Å². The van der Waals surface area contributed by atoms with Gasteiger partial charge in [0, 0.05) is 13.1 Å². The van der Waals surface area contributed by atoms with E-state index >= 15 is 4.39 Å². The van der Waals surface area contributed by atoms with E-state index < -0.39 is 17.6 Å². The van der Waals surface area contributed by atoms with Crippen LogP contribution in [0.15, 0.2) is 67.5 Å². The highest BCUT2D eigenvalue weighted by Crippen LogP contribution is 2.38. The molecule has 1 atom stereocenters. The van der Waals surface area contributed by atoms with Gasteiger partial charge in [0.25, 0.3) is 0 Å². The maximum Gasteiger partial charge on any atom is 0.416 e. The van der Waals surface area contributed by atoms with Gasteiger partial charge in [-0.1, -0.05) is 36.4 Å². The molecule has 0 radical (unpaired) electrons. The topological polar surface area (TPSA) is 71.8 Å². The van der Waals surface area contributed by atoms with Gasteiger partial charge < -0.3 is 10.2 Å². The number of anilines is 2. The molecule has 0 amide bonds. The molecule has 1 aliphatic heterocycles. The molecule has 1 N–H and O–H groups in total. The van der Waals surface area contributed by atoms with Crippen molar-refractivity contribution in [1.29, 1.82) is 0 Å². The van der Waals surface area contributed by atoms with Crippen molar-refractivity contribution in [3.63, 3.8) is 0 Å². The molecule has 11 heteroatoms. The van der Waals surface area contributed by atoms with Crippen molar-refractivity contribution in [3.8, 4) is 0 Å². The lowest BCUT2D eigenvalue weighted by Crippen LogP contribution is -2.25. The van der Waals surface area contributed by atoms with Crippen LogP contribution in [0.1, 0.15) is 41.1 Å². The number of nitrogens with one attached hydrogen (secondary N) is 1. The van der Waals surface area contributed by atoms with Crippen molar-refractivity contribution < 1.29 is 17.6 Å². The van der Waals surface area contributed by atoms with E-state index in [9.17, 15) is 13.2 Å². The summed E-state index contributed by atoms with van der Waals surface area (Å²) in [5.41, 5.74) is 1.95. The first-order chi connectivity index (χ1) is 17.4. The summed E-state index contributed by atoms with van der Waals surface area (Å²) < 4.78 is 56.0. The second-order valence-corrected chi connectivity index (χ2v) is 8.60. The smallest absolute Gasteiger partial charge is 0.363 e. The van der Waals surface area contributed by atoms with Crippen LogP contribution >= 0.6 is 0 Å². The number of hydrogen-bond acceptors (Lipinski definition) is 6. The third kappa shape index (κ3) is 5.14. The van der Waals surface area contributed by atoms with Gasteiger partial charge in [0.1, 0.15) is 19.0 Å². The quantitative estimate of drug-likeness (QED) is 0.353. The Labute approximate surface area is 204 Å². The summed E-state index contributed by atoms with van der Waals surface area (Å²) in [6, 6.07) is 12.6. The van der Waals surface area contributed by atoms with Crippen molar-refractivity contribution in [1.82, 2.24) is 24.7 Å². The molecular weight excluding hydrogens is 474 g/mol. The Kier molecular flexibility index (Phi) is 6.53. The van der Waals surface area contributed by atoms with Crippen molar-refractivity contribution >= 4 is 11.6 Å². The predicted octanol–water partition coefficient (Wildman–Crippen LogP) is 5.23. The van der Waals surface area contributed by atoms with Gasteiger partial charge in [-0.25, -0.2) is 19.6 Å². The molecule has 2 aromatic carbocycles. The minimum absolute atomic E-state index is 0.0692. The average Bonchev–Trinajstić information content (AvgIpc) is 3.56. The van der Waals surface area contributed by atoms with Crippen LogP contribution in [0, 0.1) is 5.82 Å². The average molecular weight is 498 g/mol. The third-order valence-electron chi connectivity index (χ3n) is 6.18. The molecular formula is C25H23F4N7. The first kappa shape index (κ1) is 23.7. The zero-order valence-corrected chi connectivity index (χ0v) is 19.2. The Morgan fingerprint density at radius 1 is 1.00 bits per heavy atom. The molecule has 1 fully saturated rings. The molecule has 3 heterocycles. The minimum atomic E-state index is -4.40. The summed E-state index contributed by atoms with van der Waals surface area (Å²) >= 11 is 0. The number of nitrogens with zero attached hydrogens (tertiary/aromatic N) is 6. The lowest BCUT2D eigenvalue weighted by molar-refractivity contribution is -0.137. The standard InChI is InChI=1S/C25H23F4N7/c26-22-23(31-12-17-3-1-4-18(11-17)13-35-16-30-14-34-35)32-15-33-24(22)36-10-2-5-21(36)19-6-8-20(9-7-19)25(27,28)29/h1,3-4,6-9,11,14-16,21H,2,5,10,12-13H2,(H,31,32,33). The zero-order chi connectivity index (χ0) is 25.1. The summed E-state index contributed by atoms with van der Waals surface area (Å²) in [6.07, 6.45) is 1.47. The lowest BCUT2D eigenvalue weighted by atomic mass is 10.0. The number of halogens is 4. The van der Waals surface area contributed by atoms with Crippen LogP contribution in [0.2, 0.25) is 0 Å². The molecule has 0 bridgehead atoms. The molecule has 0 aliphatic carbocycles. The largest absolute Gasteiger partial charge is 0.416 e. The van der Waals surface area contributed by atoms with Gasteiger partial charge in [-0.15, -0.1) is 0 Å². The van der Waals surface area contributed by atoms with E-state index in [4.69, 9.17) is 0 Å². The Bertz CT molecular complexity index is 1310. The summed E-state index contributed by atoms with van der Waals surface area (Å²) in [4.78, 5) is 14.0. The normalized spacial score (nSPS) is 15.9. The van der Waals surface area contributed by atoms with Crippen LogP contribution in [0.25, 0.3) is 0 Å². The van der Waals surface area contributed by atoms with Gasteiger partial charge in [0.05, 0.1) is 18.2 Å². The first-order valence-corrected chi connectivity index (χ1v) is 11.5. The highest BCUT2D eigenvalue weighted by molar-refractivity contribution is 5.53. The Balaban J connectivity index is 1.31. The molecule has 7 nitrogen and oxygen atoms in total. The Hall–Kier alpha value is -4.02. The molecule has 186 valence electrons. The molecule has 0 spiro atoms. The number of alkyl halides is 3. The third-order valence-corrected chi connectivity index (χ3v) is 6.18. The molecule has 1 aliphatic rings. The lowest BCUT2D eigenvalue weighted by Gasteiger charge is -2.27. The number of hydrogen-bond donors (Lipinski definition) is 1. The van der Waals surface area contributed by atoms with E-state index in [-0.39, 0.29) is 17.7 Å². The SMILES string of the molecule is Fc1c(NCc2cccc(Cn3cncn3)c2)ncnc1N1CCCC1c1ccc(C(F)(F)F)cc1. The number of aromatic nitrogens is 5. The molecule has 2 aromatic heterocycles. The summed E-state index contributed by atoms with van der Waals surface area (Å²) in [5, 5.41) is 7.15. The minimum Gasteiger partial charge on any atom is -0.363 e. The van der Waals surface area contributed by atoms with Crippen LogP contribution in [-0.4, -0.2) is 31.3 Å². The van der Waals surface area contributed by atoms with Gasteiger partial charge >= 0.3 is 6.18 Å². The van der Waals surface area contributed by atoms with E-state index in [1.165, 1.54) is 24.8 Å². The van der Waals surface area contributed by atoms with Gasteiger partial charge in [0.15, 0.2) is 11.6 Å². The fraction of sp³-hybridized carbons (Fsp3) is 0.280. The van der Waals surface area contributed by atoms with Crippen LogP contribution in [0.5, 0.6) is 0 Å². The number of rotatable bonds is 7. The molecule has 5 rings (SSSR count). The summed E-state index contributed by atoms with van der Waals surface area (Å²) in [7, 11) is 0. The fourth-order valence-electron chi connectivity index (χ4n) is 4.47. The van der Waals surface area contributed by atoms with Crippen molar-refractivity contribution in [2.75, 3.05) is 16.8 Å². The van der Waals surface area contributed by atoms with E-state index in [0.29, 0.717) is 31.6 Å². The highest BCUT2D eigenvalue weighted by Gasteiger charge is 2.33. The van der Waals surface area contributed by atoms with Crippen LogP contribution < -0.4 is 10.2 Å². The van der Waals surface area contributed by atoms with Crippen LogP contribution in [0.3, 0.4) is 0 Å². The predicted molar refractivity (Wildman–Crippen MR) is 126 cm³/mol. The zero-order valence-electron chi connectivity index (χ0n) is 19.2. The molecule has 36 heavy (non-hydrogen) atoms. The maximum atomic E-state index is 15.5. The van der Waals surface area contributed by atoms with E-state index in [1.54, 1.807) is 15.9 Å². The fourth-order valence-corrected chi connectivity index (χ4v) is 4.47. The van der Waals surface area contributed by atoms with E-state index in [1.807, 2.05) is 24.3 Å². The van der Waals surface area contributed by atoms with Gasteiger partial charge in [-0.3, -0.25) is 0 Å². The Morgan fingerprint density at radius 2 is 1.81 bits per heavy atom. The first-order valence-electron chi connectivity index (χ1n) is 11.5. The second kappa shape index (κ2) is 9.92. The summed E-state index contributed by atoms with van der Waals surface area (Å²) in [6.45, 7) is 1.46. The monoisotopic (exact) mass is 497 g/mol. The van der Waals surface area contributed by atoms with Gasteiger partial charge in [-0.05, 0) is 41.7 Å². The maximum absolute atomic E-state index is 15.5. The van der Waals surface area contributed by atoms with Crippen molar-refractivity contribution in [2.45, 2.75) is 38.1 Å². The van der Waals surface area contributed by atoms with Crippen LogP contribution in [0.4, 0.5) is 29.2 Å². The molecule has 4 aromatic rings. The van der Waals surface area contributed by atoms with Crippen molar-refractivity contribution in [3.05, 3.63) is 95.6 Å². The summed E-state index contributed by atoms with van der Waals surface area (Å²) in [5.74, 6) is -0.385. The molecule has 1 unspecified atom stereocenters. The van der Waals surface area contributed by atoms with Gasteiger partial charge in [0.2, 0.25) is 5.82 Å². The van der Waals surface area contributed by atoms with Crippen LogP contribution in [-0.2, 0) is 19.3 Å². The molecule has 0 saturated carbocycles. The van der Waals surface area contributed by atoms with E-state index in [0.717, 1.165) is 29.7 Å².